The van der Waals surface area contributed by atoms with Gasteiger partial charge in [0.15, 0.2) is 0 Å². The highest BCUT2D eigenvalue weighted by Gasteiger charge is 2.15. The highest BCUT2D eigenvalue weighted by molar-refractivity contribution is 7.18. The van der Waals surface area contributed by atoms with Crippen molar-refractivity contribution in [2.75, 3.05) is 19.6 Å². The average Bonchev–Trinajstić information content (AvgIpc) is 2.83. The lowest BCUT2D eigenvalue weighted by Crippen LogP contribution is -2.33. The summed E-state index contributed by atoms with van der Waals surface area (Å²) in [4.78, 5) is 7.33. The molecule has 1 saturated heterocycles. The van der Waals surface area contributed by atoms with E-state index in [-0.39, 0.29) is 0 Å². The molecule has 1 aliphatic heterocycles. The Hall–Kier alpha value is -0.930. The Morgan fingerprint density at radius 1 is 1.26 bits per heavy atom. The fraction of sp³-hybridized carbons (Fsp3) is 0.562. The Morgan fingerprint density at radius 3 is 2.84 bits per heavy atom. The van der Waals surface area contributed by atoms with Gasteiger partial charge in [0.05, 0.1) is 15.2 Å². The van der Waals surface area contributed by atoms with Crippen LogP contribution in [0.15, 0.2) is 24.3 Å². The molecule has 2 heterocycles. The molecule has 2 nitrogen and oxygen atoms in total. The van der Waals surface area contributed by atoms with Gasteiger partial charge >= 0.3 is 0 Å². The molecule has 102 valence electrons. The number of para-hydroxylation sites is 1. The van der Waals surface area contributed by atoms with Crippen molar-refractivity contribution in [1.29, 1.82) is 0 Å². The smallest absolute Gasteiger partial charge is 0.0939 e. The molecule has 1 fully saturated rings. The van der Waals surface area contributed by atoms with Crippen LogP contribution in [-0.2, 0) is 6.42 Å². The van der Waals surface area contributed by atoms with Crippen LogP contribution in [0.3, 0.4) is 0 Å². The SMILES string of the molecule is CC1CCN(CCCc2nc3ccccc3s2)CC1. The number of nitrogens with zero attached hydrogens (tertiary/aromatic N) is 2. The predicted molar refractivity (Wildman–Crippen MR) is 82.8 cm³/mol. The van der Waals surface area contributed by atoms with Gasteiger partial charge in [0.1, 0.15) is 0 Å². The van der Waals surface area contributed by atoms with E-state index in [1.165, 1.54) is 48.6 Å². The number of fused-ring (bicyclic) bond motifs is 1. The maximum Gasteiger partial charge on any atom is 0.0939 e. The number of hydrogen-bond acceptors (Lipinski definition) is 3. The fourth-order valence-corrected chi connectivity index (χ4v) is 3.78. The molecule has 0 N–H and O–H groups in total. The Labute approximate surface area is 119 Å². The van der Waals surface area contributed by atoms with Crippen molar-refractivity contribution in [3.05, 3.63) is 29.3 Å². The highest BCUT2D eigenvalue weighted by atomic mass is 32.1. The number of benzene rings is 1. The van der Waals surface area contributed by atoms with E-state index in [4.69, 9.17) is 4.98 Å². The molecule has 1 aliphatic rings. The molecule has 0 spiro atoms. The van der Waals surface area contributed by atoms with E-state index in [0.29, 0.717) is 0 Å². The van der Waals surface area contributed by atoms with Crippen LogP contribution in [0.2, 0.25) is 0 Å². The zero-order valence-electron chi connectivity index (χ0n) is 11.6. The molecular formula is C16H22N2S. The third-order valence-electron chi connectivity index (χ3n) is 4.08. The van der Waals surface area contributed by atoms with E-state index < -0.39 is 0 Å². The predicted octanol–water partition coefficient (Wildman–Crippen LogP) is 3.96. The van der Waals surface area contributed by atoms with E-state index in [1.807, 2.05) is 11.3 Å². The normalized spacial score (nSPS) is 18.2. The topological polar surface area (TPSA) is 16.1 Å². The molecule has 1 aromatic carbocycles. The number of piperidine rings is 1. The van der Waals surface area contributed by atoms with Crippen molar-refractivity contribution in [2.24, 2.45) is 5.92 Å². The lowest BCUT2D eigenvalue weighted by atomic mass is 9.99. The van der Waals surface area contributed by atoms with Gasteiger partial charge in [-0.2, -0.15) is 0 Å². The first-order valence-electron chi connectivity index (χ1n) is 7.38. The number of rotatable bonds is 4. The van der Waals surface area contributed by atoms with Crippen LogP contribution in [0.1, 0.15) is 31.2 Å². The number of hydrogen-bond donors (Lipinski definition) is 0. The third-order valence-corrected chi connectivity index (χ3v) is 5.18. The first-order valence-corrected chi connectivity index (χ1v) is 8.20. The summed E-state index contributed by atoms with van der Waals surface area (Å²) in [7, 11) is 0. The van der Waals surface area contributed by atoms with Crippen molar-refractivity contribution in [3.63, 3.8) is 0 Å². The van der Waals surface area contributed by atoms with Gasteiger partial charge in [-0.15, -0.1) is 11.3 Å². The summed E-state index contributed by atoms with van der Waals surface area (Å²) >= 11 is 1.85. The summed E-state index contributed by atoms with van der Waals surface area (Å²) in [5.74, 6) is 0.931. The van der Waals surface area contributed by atoms with Crippen molar-refractivity contribution >= 4 is 21.6 Å². The first-order chi connectivity index (χ1) is 9.31. The Balaban J connectivity index is 1.49. The van der Waals surface area contributed by atoms with Crippen LogP contribution in [0.5, 0.6) is 0 Å². The van der Waals surface area contributed by atoms with Crippen LogP contribution < -0.4 is 0 Å². The van der Waals surface area contributed by atoms with Gasteiger partial charge in [-0.25, -0.2) is 4.98 Å². The van der Waals surface area contributed by atoms with Gasteiger partial charge in [0.2, 0.25) is 0 Å². The van der Waals surface area contributed by atoms with Gasteiger partial charge in [0, 0.05) is 6.42 Å². The summed E-state index contributed by atoms with van der Waals surface area (Å²) < 4.78 is 1.32. The maximum atomic E-state index is 4.71. The van der Waals surface area contributed by atoms with Crippen LogP contribution >= 0.6 is 11.3 Å². The third kappa shape index (κ3) is 3.34. The molecule has 0 atom stereocenters. The molecular weight excluding hydrogens is 252 g/mol. The summed E-state index contributed by atoms with van der Waals surface area (Å²) in [5, 5.41) is 1.30. The summed E-state index contributed by atoms with van der Waals surface area (Å²) in [6, 6.07) is 8.45. The van der Waals surface area contributed by atoms with E-state index in [0.717, 1.165) is 17.9 Å². The summed E-state index contributed by atoms with van der Waals surface area (Å²) in [5.41, 5.74) is 1.16. The molecule has 2 aromatic rings. The Kier molecular flexibility index (Phi) is 4.14. The van der Waals surface area contributed by atoms with Gasteiger partial charge in [0.25, 0.3) is 0 Å². The molecule has 3 rings (SSSR count). The van der Waals surface area contributed by atoms with Crippen LogP contribution in [0.25, 0.3) is 10.2 Å². The van der Waals surface area contributed by atoms with Gasteiger partial charge < -0.3 is 4.90 Å². The molecule has 0 aliphatic carbocycles. The molecule has 3 heteroatoms. The van der Waals surface area contributed by atoms with Gasteiger partial charge in [-0.05, 0) is 56.9 Å². The molecule has 0 unspecified atom stereocenters. The van der Waals surface area contributed by atoms with Gasteiger partial charge in [-0.3, -0.25) is 0 Å². The lowest BCUT2D eigenvalue weighted by molar-refractivity contribution is 0.191. The monoisotopic (exact) mass is 274 g/mol. The molecule has 0 saturated carbocycles. The van der Waals surface area contributed by atoms with Gasteiger partial charge in [-0.1, -0.05) is 19.1 Å². The Bertz CT molecular complexity index is 493. The largest absolute Gasteiger partial charge is 0.303 e. The Morgan fingerprint density at radius 2 is 2.05 bits per heavy atom. The molecule has 0 bridgehead atoms. The number of thiazole rings is 1. The minimum atomic E-state index is 0.931. The van der Waals surface area contributed by atoms with E-state index in [9.17, 15) is 0 Å². The first kappa shape index (κ1) is 13.1. The minimum Gasteiger partial charge on any atom is -0.303 e. The number of likely N-dealkylation sites (tertiary alicyclic amines) is 1. The zero-order chi connectivity index (χ0) is 13.1. The standard InChI is InChI=1S/C16H22N2S/c1-13-8-11-18(12-9-13)10-4-7-16-17-14-5-2-3-6-15(14)19-16/h2-3,5-6,13H,4,7-12H2,1H3. The second-order valence-electron chi connectivity index (χ2n) is 5.70. The quantitative estimate of drug-likeness (QED) is 0.839. The van der Waals surface area contributed by atoms with Crippen molar-refractivity contribution < 1.29 is 0 Å². The molecule has 1 aromatic heterocycles. The van der Waals surface area contributed by atoms with Crippen LogP contribution in [0, 0.1) is 5.92 Å². The van der Waals surface area contributed by atoms with E-state index in [1.54, 1.807) is 0 Å². The van der Waals surface area contributed by atoms with Crippen molar-refractivity contribution in [1.82, 2.24) is 9.88 Å². The van der Waals surface area contributed by atoms with E-state index >= 15 is 0 Å². The fourth-order valence-electron chi connectivity index (χ4n) is 2.77. The molecule has 19 heavy (non-hydrogen) atoms. The number of aromatic nitrogens is 1. The average molecular weight is 274 g/mol. The van der Waals surface area contributed by atoms with E-state index in [2.05, 4.69) is 36.1 Å². The molecule has 0 radical (unpaired) electrons. The number of aryl methyl sites for hydroxylation is 1. The van der Waals surface area contributed by atoms with Crippen LogP contribution in [0.4, 0.5) is 0 Å². The van der Waals surface area contributed by atoms with Crippen LogP contribution in [-0.4, -0.2) is 29.5 Å². The lowest BCUT2D eigenvalue weighted by Gasteiger charge is -2.29. The van der Waals surface area contributed by atoms with Crippen molar-refractivity contribution in [2.45, 2.75) is 32.6 Å². The zero-order valence-corrected chi connectivity index (χ0v) is 12.5. The minimum absolute atomic E-state index is 0.931. The maximum absolute atomic E-state index is 4.71. The summed E-state index contributed by atoms with van der Waals surface area (Å²) in [6.07, 6.45) is 5.13. The second-order valence-corrected chi connectivity index (χ2v) is 6.82. The van der Waals surface area contributed by atoms with Crippen molar-refractivity contribution in [3.8, 4) is 0 Å². The highest BCUT2D eigenvalue weighted by Crippen LogP contribution is 2.23. The second kappa shape index (κ2) is 6.02. The summed E-state index contributed by atoms with van der Waals surface area (Å²) in [6.45, 7) is 6.20. The molecule has 0 amide bonds.